The summed E-state index contributed by atoms with van der Waals surface area (Å²) in [4.78, 5) is 2.66. The number of likely N-dealkylation sites (tertiary alicyclic amines) is 1. The molecule has 1 aliphatic heterocycles. The van der Waals surface area contributed by atoms with Crippen LogP contribution in [0.4, 0.5) is 0 Å². The highest BCUT2D eigenvalue weighted by Crippen LogP contribution is 2.27. The van der Waals surface area contributed by atoms with Crippen molar-refractivity contribution >= 4 is 25.8 Å². The monoisotopic (exact) mass is 393 g/mol. The van der Waals surface area contributed by atoms with E-state index in [1.807, 2.05) is 6.07 Å². The number of sulfone groups is 1. The molecule has 2 aromatic carbocycles. The summed E-state index contributed by atoms with van der Waals surface area (Å²) in [6, 6.07) is 17.3. The number of nitrogens with zero attached hydrogens (tertiary/aromatic N) is 1. The molecule has 23 heavy (non-hydrogen) atoms. The highest BCUT2D eigenvalue weighted by Gasteiger charge is 2.25. The molecule has 1 unspecified atom stereocenters. The molecule has 1 aliphatic rings. The summed E-state index contributed by atoms with van der Waals surface area (Å²) in [5.74, 6) is 0.697. The van der Waals surface area contributed by atoms with E-state index in [0.29, 0.717) is 17.4 Å². The van der Waals surface area contributed by atoms with E-state index >= 15 is 0 Å². The maximum Gasteiger partial charge on any atom is 0.179 e. The van der Waals surface area contributed by atoms with Crippen LogP contribution in [0.25, 0.3) is 0 Å². The molecule has 0 N–H and O–H groups in total. The zero-order chi connectivity index (χ0) is 16.3. The molecule has 1 saturated heterocycles. The second-order valence-electron chi connectivity index (χ2n) is 5.97. The molecule has 0 aliphatic carbocycles. The third-order valence-electron chi connectivity index (χ3n) is 4.39. The van der Waals surface area contributed by atoms with Gasteiger partial charge in [-0.3, -0.25) is 0 Å². The van der Waals surface area contributed by atoms with Gasteiger partial charge in [-0.2, -0.15) is 0 Å². The number of hydrogen-bond donors (Lipinski definition) is 0. The van der Waals surface area contributed by atoms with E-state index in [1.165, 1.54) is 5.56 Å². The van der Waals surface area contributed by atoms with Gasteiger partial charge in [0.15, 0.2) is 9.84 Å². The third kappa shape index (κ3) is 4.22. The Balaban J connectivity index is 1.58. The normalized spacial score (nSPS) is 19.1. The Morgan fingerprint density at radius 3 is 2.43 bits per heavy atom. The van der Waals surface area contributed by atoms with E-state index in [4.69, 9.17) is 0 Å². The van der Waals surface area contributed by atoms with Gasteiger partial charge >= 0.3 is 0 Å². The molecule has 0 bridgehead atoms. The second kappa shape index (κ2) is 7.16. The van der Waals surface area contributed by atoms with Gasteiger partial charge < -0.3 is 4.90 Å². The van der Waals surface area contributed by atoms with Crippen molar-refractivity contribution in [2.45, 2.75) is 17.2 Å². The Bertz CT molecular complexity index is 744. The predicted octanol–water partition coefficient (Wildman–Crippen LogP) is 3.71. The molecule has 3 nitrogen and oxygen atoms in total. The van der Waals surface area contributed by atoms with Gasteiger partial charge in [0.25, 0.3) is 0 Å². The van der Waals surface area contributed by atoms with Crippen LogP contribution in [-0.4, -0.2) is 38.7 Å². The maximum atomic E-state index is 12.4. The second-order valence-corrected chi connectivity index (χ2v) is 8.99. The van der Waals surface area contributed by atoms with Crippen molar-refractivity contribution in [3.63, 3.8) is 0 Å². The average Bonchev–Trinajstić information content (AvgIpc) is 3.03. The summed E-state index contributed by atoms with van der Waals surface area (Å²) in [6.07, 6.45) is 1.10. The van der Waals surface area contributed by atoms with Crippen molar-refractivity contribution in [3.05, 3.63) is 64.6 Å². The van der Waals surface area contributed by atoms with Crippen LogP contribution in [0.1, 0.15) is 17.9 Å². The van der Waals surface area contributed by atoms with Crippen LogP contribution < -0.4 is 0 Å². The molecule has 2 aromatic rings. The molecule has 5 heteroatoms. The highest BCUT2D eigenvalue weighted by atomic mass is 79.9. The van der Waals surface area contributed by atoms with Crippen LogP contribution >= 0.6 is 15.9 Å². The molecular formula is C18H20BrNO2S. The minimum absolute atomic E-state index is 0.177. The van der Waals surface area contributed by atoms with Crippen LogP contribution in [0.5, 0.6) is 0 Å². The van der Waals surface area contributed by atoms with E-state index in [2.05, 4.69) is 45.1 Å². The quantitative estimate of drug-likeness (QED) is 0.776. The lowest BCUT2D eigenvalue weighted by Crippen LogP contribution is -2.27. The fourth-order valence-electron chi connectivity index (χ4n) is 3.04. The minimum atomic E-state index is -3.21. The van der Waals surface area contributed by atoms with E-state index in [0.717, 1.165) is 24.0 Å². The van der Waals surface area contributed by atoms with Crippen LogP contribution in [-0.2, 0) is 9.84 Å². The molecular weight excluding hydrogens is 374 g/mol. The largest absolute Gasteiger partial charge is 0.302 e. The fourth-order valence-corrected chi connectivity index (χ4v) is 4.59. The van der Waals surface area contributed by atoms with Crippen molar-refractivity contribution in [1.29, 1.82) is 0 Å². The SMILES string of the molecule is O=S(=O)(CCN1CCC(c2ccccc2)C1)c1ccc(Br)cc1. The lowest BCUT2D eigenvalue weighted by atomic mass is 9.99. The van der Waals surface area contributed by atoms with E-state index in [1.54, 1.807) is 24.3 Å². The zero-order valence-electron chi connectivity index (χ0n) is 12.9. The van der Waals surface area contributed by atoms with Crippen molar-refractivity contribution < 1.29 is 8.42 Å². The standard InChI is InChI=1S/C18H20BrNO2S/c19-17-6-8-18(9-7-17)23(21,22)13-12-20-11-10-16(14-20)15-4-2-1-3-5-15/h1-9,16H,10-14H2. The zero-order valence-corrected chi connectivity index (χ0v) is 15.3. The summed E-state index contributed by atoms with van der Waals surface area (Å²) in [5, 5.41) is 0. The average molecular weight is 394 g/mol. The van der Waals surface area contributed by atoms with Gasteiger partial charge in [0, 0.05) is 17.6 Å². The molecule has 1 atom stereocenters. The summed E-state index contributed by atoms with van der Waals surface area (Å²) in [6.45, 7) is 2.51. The molecule has 1 fully saturated rings. The van der Waals surface area contributed by atoms with Gasteiger partial charge in [0.05, 0.1) is 10.6 Å². The van der Waals surface area contributed by atoms with Gasteiger partial charge in [-0.15, -0.1) is 0 Å². The van der Waals surface area contributed by atoms with Crippen LogP contribution in [0, 0.1) is 0 Å². The van der Waals surface area contributed by atoms with Gasteiger partial charge in [0.1, 0.15) is 0 Å². The Morgan fingerprint density at radius 1 is 1.04 bits per heavy atom. The predicted molar refractivity (Wildman–Crippen MR) is 96.4 cm³/mol. The number of hydrogen-bond acceptors (Lipinski definition) is 3. The Kier molecular flexibility index (Phi) is 5.19. The van der Waals surface area contributed by atoms with Crippen LogP contribution in [0.15, 0.2) is 64.0 Å². The van der Waals surface area contributed by atoms with E-state index in [-0.39, 0.29) is 5.75 Å². The summed E-state index contributed by atoms with van der Waals surface area (Å²) >= 11 is 3.33. The van der Waals surface area contributed by atoms with Gasteiger partial charge in [-0.05, 0) is 48.7 Å². The fraction of sp³-hybridized carbons (Fsp3) is 0.333. The van der Waals surface area contributed by atoms with Crippen molar-refractivity contribution in [2.75, 3.05) is 25.4 Å². The smallest absolute Gasteiger partial charge is 0.179 e. The summed E-state index contributed by atoms with van der Waals surface area (Å²) in [7, 11) is -3.21. The Morgan fingerprint density at radius 2 is 1.74 bits per heavy atom. The Hall–Kier alpha value is -1.17. The number of halogens is 1. The molecule has 1 heterocycles. The molecule has 122 valence electrons. The first kappa shape index (κ1) is 16.7. The van der Waals surface area contributed by atoms with Crippen molar-refractivity contribution in [1.82, 2.24) is 4.90 Å². The summed E-state index contributed by atoms with van der Waals surface area (Å²) < 4.78 is 25.7. The minimum Gasteiger partial charge on any atom is -0.302 e. The van der Waals surface area contributed by atoms with Crippen molar-refractivity contribution in [3.8, 4) is 0 Å². The molecule has 0 radical (unpaired) electrons. The van der Waals surface area contributed by atoms with Crippen molar-refractivity contribution in [2.24, 2.45) is 0 Å². The molecule has 0 saturated carbocycles. The maximum absolute atomic E-state index is 12.4. The molecule has 0 aromatic heterocycles. The van der Waals surface area contributed by atoms with Gasteiger partial charge in [-0.25, -0.2) is 8.42 Å². The number of benzene rings is 2. The number of rotatable bonds is 5. The first-order valence-electron chi connectivity index (χ1n) is 7.80. The first-order valence-corrected chi connectivity index (χ1v) is 10.2. The van der Waals surface area contributed by atoms with Gasteiger partial charge in [0.2, 0.25) is 0 Å². The Labute approximate surface area is 146 Å². The third-order valence-corrected chi connectivity index (χ3v) is 6.63. The lowest BCUT2D eigenvalue weighted by molar-refractivity contribution is 0.354. The van der Waals surface area contributed by atoms with Crippen LogP contribution in [0.2, 0.25) is 0 Å². The topological polar surface area (TPSA) is 37.4 Å². The lowest BCUT2D eigenvalue weighted by Gasteiger charge is -2.16. The van der Waals surface area contributed by atoms with E-state index < -0.39 is 9.84 Å². The highest BCUT2D eigenvalue weighted by molar-refractivity contribution is 9.10. The van der Waals surface area contributed by atoms with E-state index in [9.17, 15) is 8.42 Å². The van der Waals surface area contributed by atoms with Crippen LogP contribution in [0.3, 0.4) is 0 Å². The summed E-state index contributed by atoms with van der Waals surface area (Å²) in [5.41, 5.74) is 1.35. The first-order chi connectivity index (χ1) is 11.0. The molecule has 0 spiro atoms. The molecule has 3 rings (SSSR count). The molecule has 0 amide bonds. The van der Waals surface area contributed by atoms with Gasteiger partial charge in [-0.1, -0.05) is 46.3 Å².